The Hall–Kier alpha value is -2.17. The van der Waals surface area contributed by atoms with Crippen molar-refractivity contribution in [2.75, 3.05) is 0 Å². The van der Waals surface area contributed by atoms with E-state index in [9.17, 15) is 14.7 Å². The number of aromatic nitrogens is 2. The predicted molar refractivity (Wildman–Crippen MR) is 62.1 cm³/mol. The van der Waals surface area contributed by atoms with Gasteiger partial charge in [0.25, 0.3) is 5.56 Å². The summed E-state index contributed by atoms with van der Waals surface area (Å²) in [7, 11) is 0. The van der Waals surface area contributed by atoms with E-state index in [2.05, 4.69) is 4.98 Å². The Kier molecular flexibility index (Phi) is 2.91. The summed E-state index contributed by atoms with van der Waals surface area (Å²) in [6.45, 7) is 1.45. The van der Waals surface area contributed by atoms with E-state index in [4.69, 9.17) is 0 Å². The number of ketones is 1. The topological polar surface area (TPSA) is 71.7 Å². The second kappa shape index (κ2) is 4.37. The Balaban J connectivity index is 2.56. The van der Waals surface area contributed by atoms with Crippen molar-refractivity contribution in [1.29, 1.82) is 0 Å². The van der Waals surface area contributed by atoms with Crippen LogP contribution < -0.4 is 5.56 Å². The maximum atomic E-state index is 12.0. The molecular weight excluding hydrogens is 220 g/mol. The zero-order valence-electron chi connectivity index (χ0n) is 9.38. The van der Waals surface area contributed by atoms with Gasteiger partial charge in [0.05, 0.1) is 5.56 Å². The molecule has 0 aromatic carbocycles. The molecule has 1 N–H and O–H groups in total. The molecule has 5 heteroatoms. The minimum atomic E-state index is -0.325. The van der Waals surface area contributed by atoms with Gasteiger partial charge in [-0.2, -0.15) is 4.98 Å². The van der Waals surface area contributed by atoms with Crippen LogP contribution in [-0.2, 0) is 11.2 Å². The predicted octanol–water partition coefficient (Wildman–Crippen LogP) is 0.922. The van der Waals surface area contributed by atoms with Crippen molar-refractivity contribution < 1.29 is 9.90 Å². The SMILES string of the molecule is CC(=O)CCc1c(O)nc2ccccn2c1=O. The molecule has 2 aromatic rings. The van der Waals surface area contributed by atoms with Gasteiger partial charge in [-0.05, 0) is 25.5 Å². The van der Waals surface area contributed by atoms with Crippen molar-refractivity contribution in [2.24, 2.45) is 0 Å². The first-order chi connectivity index (χ1) is 8.09. The van der Waals surface area contributed by atoms with Crippen molar-refractivity contribution in [2.45, 2.75) is 19.8 Å². The summed E-state index contributed by atoms with van der Waals surface area (Å²) in [4.78, 5) is 26.8. The van der Waals surface area contributed by atoms with Crippen LogP contribution >= 0.6 is 0 Å². The van der Waals surface area contributed by atoms with Crippen LogP contribution in [0.2, 0.25) is 0 Å². The van der Waals surface area contributed by atoms with Crippen LogP contribution in [0.15, 0.2) is 29.2 Å². The Labute approximate surface area is 97.4 Å². The highest BCUT2D eigenvalue weighted by atomic mass is 16.3. The number of carbonyl (C=O) groups is 1. The van der Waals surface area contributed by atoms with E-state index in [1.165, 1.54) is 11.3 Å². The molecule has 2 rings (SSSR count). The van der Waals surface area contributed by atoms with Crippen LogP contribution in [0.25, 0.3) is 5.65 Å². The first-order valence-corrected chi connectivity index (χ1v) is 5.28. The van der Waals surface area contributed by atoms with Crippen molar-refractivity contribution >= 4 is 11.4 Å². The Morgan fingerprint density at radius 3 is 2.94 bits per heavy atom. The summed E-state index contributed by atoms with van der Waals surface area (Å²) in [5, 5.41) is 9.67. The number of fused-ring (bicyclic) bond motifs is 1. The van der Waals surface area contributed by atoms with Gasteiger partial charge in [-0.3, -0.25) is 9.20 Å². The molecule has 0 fully saturated rings. The van der Waals surface area contributed by atoms with Crippen molar-refractivity contribution in [1.82, 2.24) is 9.38 Å². The largest absolute Gasteiger partial charge is 0.493 e. The Morgan fingerprint density at radius 2 is 2.24 bits per heavy atom. The second-order valence-electron chi connectivity index (χ2n) is 3.85. The first-order valence-electron chi connectivity index (χ1n) is 5.28. The number of hydrogen-bond acceptors (Lipinski definition) is 4. The average molecular weight is 232 g/mol. The molecule has 0 aliphatic carbocycles. The van der Waals surface area contributed by atoms with Gasteiger partial charge in [0.2, 0.25) is 5.88 Å². The normalized spacial score (nSPS) is 10.6. The molecule has 0 unspecified atom stereocenters. The summed E-state index contributed by atoms with van der Waals surface area (Å²) in [6.07, 6.45) is 2.02. The van der Waals surface area contributed by atoms with Gasteiger partial charge < -0.3 is 9.90 Å². The zero-order valence-corrected chi connectivity index (χ0v) is 9.38. The molecule has 5 nitrogen and oxygen atoms in total. The van der Waals surface area contributed by atoms with E-state index < -0.39 is 0 Å². The molecule has 0 amide bonds. The highest BCUT2D eigenvalue weighted by Crippen LogP contribution is 2.12. The molecule has 2 heterocycles. The molecule has 0 spiro atoms. The van der Waals surface area contributed by atoms with Crippen LogP contribution in [0.4, 0.5) is 0 Å². The third-order valence-electron chi connectivity index (χ3n) is 2.53. The van der Waals surface area contributed by atoms with E-state index in [0.717, 1.165) is 0 Å². The lowest BCUT2D eigenvalue weighted by Crippen LogP contribution is -2.20. The number of rotatable bonds is 3. The molecule has 0 aliphatic heterocycles. The van der Waals surface area contributed by atoms with Gasteiger partial charge in [-0.1, -0.05) is 6.07 Å². The zero-order chi connectivity index (χ0) is 12.4. The van der Waals surface area contributed by atoms with Crippen molar-refractivity contribution in [3.05, 3.63) is 40.3 Å². The number of hydrogen-bond donors (Lipinski definition) is 1. The van der Waals surface area contributed by atoms with Crippen LogP contribution in [0.5, 0.6) is 5.88 Å². The second-order valence-corrected chi connectivity index (χ2v) is 3.85. The van der Waals surface area contributed by atoms with E-state index in [1.807, 2.05) is 0 Å². The molecule has 2 aromatic heterocycles. The fourth-order valence-electron chi connectivity index (χ4n) is 1.63. The summed E-state index contributed by atoms with van der Waals surface area (Å²) >= 11 is 0. The van der Waals surface area contributed by atoms with Crippen LogP contribution in [0.1, 0.15) is 18.9 Å². The molecule has 0 atom stereocenters. The maximum Gasteiger partial charge on any atom is 0.264 e. The standard InChI is InChI=1S/C12H12N2O3/c1-8(15)5-6-9-11(16)13-10-4-2-3-7-14(10)12(9)17/h2-4,7,16H,5-6H2,1H3. The molecule has 0 aliphatic rings. The monoisotopic (exact) mass is 232 g/mol. The van der Waals surface area contributed by atoms with Gasteiger partial charge in [-0.25, -0.2) is 0 Å². The number of aromatic hydroxyl groups is 1. The van der Waals surface area contributed by atoms with E-state index >= 15 is 0 Å². The molecule has 88 valence electrons. The molecule has 17 heavy (non-hydrogen) atoms. The van der Waals surface area contributed by atoms with Gasteiger partial charge in [0.15, 0.2) is 0 Å². The number of pyridine rings is 1. The van der Waals surface area contributed by atoms with E-state index in [0.29, 0.717) is 5.65 Å². The molecule has 0 saturated carbocycles. The van der Waals surface area contributed by atoms with Crippen LogP contribution in [-0.4, -0.2) is 20.3 Å². The highest BCUT2D eigenvalue weighted by Gasteiger charge is 2.12. The third-order valence-corrected chi connectivity index (χ3v) is 2.53. The minimum absolute atomic E-state index is 0.0260. The third kappa shape index (κ3) is 2.18. The molecule has 0 radical (unpaired) electrons. The number of nitrogens with zero attached hydrogens (tertiary/aromatic N) is 2. The smallest absolute Gasteiger partial charge is 0.264 e. The summed E-state index contributed by atoms with van der Waals surface area (Å²) in [5.41, 5.74) is 0.250. The average Bonchev–Trinajstić information content (AvgIpc) is 2.28. The Morgan fingerprint density at radius 1 is 1.47 bits per heavy atom. The van der Waals surface area contributed by atoms with Crippen molar-refractivity contribution in [3.63, 3.8) is 0 Å². The first kappa shape index (κ1) is 11.3. The van der Waals surface area contributed by atoms with Gasteiger partial charge in [0, 0.05) is 12.6 Å². The number of Topliss-reactive ketones (excluding diaryl/α,β-unsaturated/α-hetero) is 1. The highest BCUT2D eigenvalue weighted by molar-refractivity contribution is 5.75. The minimum Gasteiger partial charge on any atom is -0.493 e. The van der Waals surface area contributed by atoms with Crippen molar-refractivity contribution in [3.8, 4) is 5.88 Å². The van der Waals surface area contributed by atoms with Gasteiger partial charge in [0.1, 0.15) is 11.4 Å². The summed E-state index contributed by atoms with van der Waals surface area (Å²) in [6, 6.07) is 5.08. The van der Waals surface area contributed by atoms with E-state index in [1.54, 1.807) is 24.4 Å². The molecule has 0 bridgehead atoms. The lowest BCUT2D eigenvalue weighted by atomic mass is 10.1. The maximum absolute atomic E-state index is 12.0. The fourth-order valence-corrected chi connectivity index (χ4v) is 1.63. The lowest BCUT2D eigenvalue weighted by molar-refractivity contribution is -0.116. The molecular formula is C12H12N2O3. The molecule has 0 saturated heterocycles. The summed E-state index contributed by atoms with van der Waals surface area (Å²) < 4.78 is 1.36. The van der Waals surface area contributed by atoms with Crippen LogP contribution in [0, 0.1) is 0 Å². The van der Waals surface area contributed by atoms with Crippen LogP contribution in [0.3, 0.4) is 0 Å². The fraction of sp³-hybridized carbons (Fsp3) is 0.250. The quantitative estimate of drug-likeness (QED) is 0.854. The summed E-state index contributed by atoms with van der Waals surface area (Å²) in [5.74, 6) is -0.315. The van der Waals surface area contributed by atoms with Gasteiger partial charge in [-0.15, -0.1) is 0 Å². The Bertz CT molecular complexity index is 631. The number of carbonyl (C=O) groups excluding carboxylic acids is 1. The van der Waals surface area contributed by atoms with E-state index in [-0.39, 0.29) is 35.6 Å². The van der Waals surface area contributed by atoms with Gasteiger partial charge >= 0.3 is 0 Å². The lowest BCUT2D eigenvalue weighted by Gasteiger charge is -2.05.